The van der Waals surface area contributed by atoms with Gasteiger partial charge in [0.1, 0.15) is 5.65 Å². The van der Waals surface area contributed by atoms with Crippen LogP contribution in [-0.4, -0.2) is 26.9 Å². The SMILES string of the molecule is Clc1ccc2nc(CNC3CCSC3)cn2c1. The molecule has 1 aliphatic rings. The van der Waals surface area contributed by atoms with Gasteiger partial charge in [0.05, 0.1) is 10.7 Å². The Kier molecular flexibility index (Phi) is 3.27. The molecule has 2 aromatic heterocycles. The zero-order valence-electron chi connectivity index (χ0n) is 9.40. The van der Waals surface area contributed by atoms with E-state index in [1.54, 1.807) is 0 Å². The van der Waals surface area contributed by atoms with Gasteiger partial charge in [0.15, 0.2) is 0 Å². The minimum Gasteiger partial charge on any atom is -0.307 e. The fourth-order valence-corrected chi connectivity index (χ4v) is 3.40. The highest BCUT2D eigenvalue weighted by Crippen LogP contribution is 2.17. The van der Waals surface area contributed by atoms with Crippen molar-refractivity contribution >= 4 is 29.0 Å². The summed E-state index contributed by atoms with van der Waals surface area (Å²) in [5, 5.41) is 4.28. The average Bonchev–Trinajstić information content (AvgIpc) is 2.94. The van der Waals surface area contributed by atoms with E-state index in [9.17, 15) is 0 Å². The normalized spacial score (nSPS) is 20.2. The Bertz CT molecular complexity index is 519. The predicted octanol–water partition coefficient (Wildman–Crippen LogP) is 2.58. The number of hydrogen-bond acceptors (Lipinski definition) is 3. The fourth-order valence-electron chi connectivity index (χ4n) is 2.05. The van der Waals surface area contributed by atoms with E-state index < -0.39 is 0 Å². The van der Waals surface area contributed by atoms with E-state index in [1.807, 2.05) is 40.7 Å². The number of imidazole rings is 1. The first-order chi connectivity index (χ1) is 8.31. The lowest BCUT2D eigenvalue weighted by molar-refractivity contribution is 0.553. The summed E-state index contributed by atoms with van der Waals surface area (Å²) < 4.78 is 1.97. The summed E-state index contributed by atoms with van der Waals surface area (Å²) in [6.45, 7) is 0.838. The minimum atomic E-state index is 0.647. The van der Waals surface area contributed by atoms with Crippen molar-refractivity contribution in [3.8, 4) is 0 Å². The topological polar surface area (TPSA) is 29.3 Å². The van der Waals surface area contributed by atoms with Crippen LogP contribution in [0.4, 0.5) is 0 Å². The van der Waals surface area contributed by atoms with Gasteiger partial charge in [0.2, 0.25) is 0 Å². The van der Waals surface area contributed by atoms with Gasteiger partial charge in [-0.2, -0.15) is 11.8 Å². The Labute approximate surface area is 110 Å². The lowest BCUT2D eigenvalue weighted by atomic mass is 10.2. The first-order valence-corrected chi connectivity index (χ1v) is 7.29. The number of aromatic nitrogens is 2. The molecule has 0 aliphatic carbocycles. The smallest absolute Gasteiger partial charge is 0.137 e. The third kappa shape index (κ3) is 2.59. The molecule has 1 unspecified atom stereocenters. The molecule has 1 fully saturated rings. The van der Waals surface area contributed by atoms with Crippen LogP contribution in [0.2, 0.25) is 5.02 Å². The maximum atomic E-state index is 5.94. The molecule has 1 atom stereocenters. The van der Waals surface area contributed by atoms with Gasteiger partial charge >= 0.3 is 0 Å². The molecule has 0 spiro atoms. The predicted molar refractivity (Wildman–Crippen MR) is 72.8 cm³/mol. The van der Waals surface area contributed by atoms with E-state index in [4.69, 9.17) is 11.6 Å². The summed E-state index contributed by atoms with van der Waals surface area (Å²) in [7, 11) is 0. The summed E-state index contributed by atoms with van der Waals surface area (Å²) in [4.78, 5) is 4.55. The second-order valence-electron chi connectivity index (χ2n) is 4.29. The van der Waals surface area contributed by atoms with Crippen molar-refractivity contribution in [3.05, 3.63) is 35.2 Å². The number of halogens is 1. The quantitative estimate of drug-likeness (QED) is 0.927. The van der Waals surface area contributed by atoms with E-state index in [1.165, 1.54) is 17.9 Å². The molecule has 0 radical (unpaired) electrons. The van der Waals surface area contributed by atoms with Gasteiger partial charge in [-0.05, 0) is 24.3 Å². The van der Waals surface area contributed by atoms with Gasteiger partial charge in [-0.15, -0.1) is 0 Å². The minimum absolute atomic E-state index is 0.647. The zero-order valence-corrected chi connectivity index (χ0v) is 11.0. The van der Waals surface area contributed by atoms with Gasteiger partial charge in [0.25, 0.3) is 0 Å². The maximum absolute atomic E-state index is 5.94. The van der Waals surface area contributed by atoms with Gasteiger partial charge in [0, 0.05) is 30.7 Å². The molecule has 0 amide bonds. The van der Waals surface area contributed by atoms with Crippen LogP contribution in [0.25, 0.3) is 5.65 Å². The number of nitrogens with one attached hydrogen (secondary N) is 1. The molecular weight excluding hydrogens is 254 g/mol. The van der Waals surface area contributed by atoms with Crippen LogP contribution in [0.3, 0.4) is 0 Å². The highest BCUT2D eigenvalue weighted by Gasteiger charge is 2.14. The number of rotatable bonds is 3. The monoisotopic (exact) mass is 267 g/mol. The second-order valence-corrected chi connectivity index (χ2v) is 5.87. The number of thioether (sulfide) groups is 1. The van der Waals surface area contributed by atoms with Gasteiger partial charge in [-0.3, -0.25) is 0 Å². The molecule has 2 aromatic rings. The summed E-state index contributed by atoms with van der Waals surface area (Å²) in [6.07, 6.45) is 5.19. The Morgan fingerprint density at radius 3 is 3.24 bits per heavy atom. The fraction of sp³-hybridized carbons (Fsp3) is 0.417. The molecular formula is C12H14ClN3S. The summed E-state index contributed by atoms with van der Waals surface area (Å²) in [5.74, 6) is 2.50. The highest BCUT2D eigenvalue weighted by atomic mass is 35.5. The molecule has 5 heteroatoms. The largest absolute Gasteiger partial charge is 0.307 e. The van der Waals surface area contributed by atoms with Gasteiger partial charge in [-0.1, -0.05) is 11.6 Å². The molecule has 3 heterocycles. The molecule has 0 saturated carbocycles. The van der Waals surface area contributed by atoms with Crippen LogP contribution in [0.1, 0.15) is 12.1 Å². The van der Waals surface area contributed by atoms with Gasteiger partial charge in [-0.25, -0.2) is 4.98 Å². The lowest BCUT2D eigenvalue weighted by Gasteiger charge is -2.08. The molecule has 17 heavy (non-hydrogen) atoms. The summed E-state index contributed by atoms with van der Waals surface area (Å²) in [6, 6.07) is 4.46. The van der Waals surface area contributed by atoms with E-state index >= 15 is 0 Å². The van der Waals surface area contributed by atoms with Crippen molar-refractivity contribution < 1.29 is 0 Å². The summed E-state index contributed by atoms with van der Waals surface area (Å²) >= 11 is 7.96. The van der Waals surface area contributed by atoms with Crippen molar-refractivity contribution in [2.24, 2.45) is 0 Å². The van der Waals surface area contributed by atoms with Crippen LogP contribution in [-0.2, 0) is 6.54 Å². The maximum Gasteiger partial charge on any atom is 0.137 e. The number of fused-ring (bicyclic) bond motifs is 1. The molecule has 3 nitrogen and oxygen atoms in total. The molecule has 3 rings (SSSR count). The van der Waals surface area contributed by atoms with E-state index in [2.05, 4.69) is 10.3 Å². The third-order valence-corrected chi connectivity index (χ3v) is 4.35. The standard InChI is InChI=1S/C12H14ClN3S/c13-9-1-2-12-15-11(7-16(12)6-9)5-14-10-3-4-17-8-10/h1-2,6-7,10,14H,3-5,8H2. The van der Waals surface area contributed by atoms with Crippen LogP contribution < -0.4 is 5.32 Å². The van der Waals surface area contributed by atoms with Crippen molar-refractivity contribution in [2.45, 2.75) is 19.0 Å². The Hall–Kier alpha value is -0.710. The average molecular weight is 268 g/mol. The van der Waals surface area contributed by atoms with E-state index in [0.717, 1.165) is 22.9 Å². The molecule has 1 saturated heterocycles. The van der Waals surface area contributed by atoms with Crippen molar-refractivity contribution in [1.29, 1.82) is 0 Å². The van der Waals surface area contributed by atoms with E-state index in [0.29, 0.717) is 6.04 Å². The Balaban J connectivity index is 1.72. The Morgan fingerprint density at radius 1 is 1.47 bits per heavy atom. The Morgan fingerprint density at radius 2 is 2.41 bits per heavy atom. The van der Waals surface area contributed by atoms with Gasteiger partial charge < -0.3 is 9.72 Å². The first-order valence-electron chi connectivity index (χ1n) is 5.75. The third-order valence-electron chi connectivity index (χ3n) is 2.97. The number of pyridine rings is 1. The second kappa shape index (κ2) is 4.88. The van der Waals surface area contributed by atoms with Crippen LogP contribution in [0.15, 0.2) is 24.5 Å². The molecule has 1 aliphatic heterocycles. The highest BCUT2D eigenvalue weighted by molar-refractivity contribution is 7.99. The zero-order chi connectivity index (χ0) is 11.7. The molecule has 0 bridgehead atoms. The molecule has 0 aromatic carbocycles. The van der Waals surface area contributed by atoms with Crippen molar-refractivity contribution in [3.63, 3.8) is 0 Å². The van der Waals surface area contributed by atoms with Crippen LogP contribution in [0, 0.1) is 0 Å². The van der Waals surface area contributed by atoms with E-state index in [-0.39, 0.29) is 0 Å². The number of nitrogens with zero attached hydrogens (tertiary/aromatic N) is 2. The lowest BCUT2D eigenvalue weighted by Crippen LogP contribution is -2.28. The first kappa shape index (κ1) is 11.4. The molecule has 1 N–H and O–H groups in total. The van der Waals surface area contributed by atoms with Crippen LogP contribution in [0.5, 0.6) is 0 Å². The molecule has 90 valence electrons. The summed E-state index contributed by atoms with van der Waals surface area (Å²) in [5.41, 5.74) is 2.02. The van der Waals surface area contributed by atoms with Crippen molar-refractivity contribution in [1.82, 2.24) is 14.7 Å². The van der Waals surface area contributed by atoms with Crippen LogP contribution >= 0.6 is 23.4 Å². The number of hydrogen-bond donors (Lipinski definition) is 1. The van der Waals surface area contributed by atoms with Crippen molar-refractivity contribution in [2.75, 3.05) is 11.5 Å².